The van der Waals surface area contributed by atoms with Crippen molar-refractivity contribution in [2.45, 2.75) is 51.7 Å². The van der Waals surface area contributed by atoms with Crippen LogP contribution >= 0.6 is 0 Å². The van der Waals surface area contributed by atoms with E-state index >= 15 is 0 Å². The van der Waals surface area contributed by atoms with Crippen LogP contribution in [0.25, 0.3) is 0 Å². The van der Waals surface area contributed by atoms with Gasteiger partial charge < -0.3 is 15.6 Å². The number of hydrogen-bond donors (Lipinski definition) is 2. The van der Waals surface area contributed by atoms with E-state index in [1.54, 1.807) is 27.7 Å². The van der Waals surface area contributed by atoms with Crippen molar-refractivity contribution < 1.29 is 19.4 Å². The van der Waals surface area contributed by atoms with Gasteiger partial charge in [-0.15, -0.1) is 0 Å². The first kappa shape index (κ1) is 13.9. The molecular formula is C10H19NO4. The average Bonchev–Trinajstić information content (AvgIpc) is 2.00. The summed E-state index contributed by atoms with van der Waals surface area (Å²) in [5.41, 5.74) is 2.87. The van der Waals surface area contributed by atoms with Gasteiger partial charge in [0.05, 0.1) is 0 Å². The van der Waals surface area contributed by atoms with E-state index in [-0.39, 0.29) is 6.42 Å². The number of carbonyl (C=O) groups excluding carboxylic acids is 1. The Hall–Kier alpha value is -1.10. The summed E-state index contributed by atoms with van der Waals surface area (Å²) in [4.78, 5) is 22.5. The van der Waals surface area contributed by atoms with Crippen LogP contribution in [0.4, 0.5) is 0 Å². The highest BCUT2D eigenvalue weighted by Gasteiger charge is 2.44. The lowest BCUT2D eigenvalue weighted by Crippen LogP contribution is -2.57. The summed E-state index contributed by atoms with van der Waals surface area (Å²) >= 11 is 0. The molecule has 0 aromatic heterocycles. The van der Waals surface area contributed by atoms with Crippen LogP contribution in [0.3, 0.4) is 0 Å². The number of carbonyl (C=O) groups is 2. The first-order chi connectivity index (χ1) is 6.63. The van der Waals surface area contributed by atoms with Gasteiger partial charge in [-0.2, -0.15) is 0 Å². The van der Waals surface area contributed by atoms with Gasteiger partial charge in [0, 0.05) is 0 Å². The molecule has 0 heterocycles. The minimum Gasteiger partial charge on any atom is -0.479 e. The maximum atomic E-state index is 11.6. The van der Waals surface area contributed by atoms with Gasteiger partial charge in [0.2, 0.25) is 5.54 Å². The summed E-state index contributed by atoms with van der Waals surface area (Å²) in [5, 5.41) is 8.91. The summed E-state index contributed by atoms with van der Waals surface area (Å²) < 4.78 is 4.97. The van der Waals surface area contributed by atoms with Gasteiger partial charge in [-0.3, -0.25) is 0 Å². The Bertz CT molecular complexity index is 257. The molecule has 0 aromatic rings. The summed E-state index contributed by atoms with van der Waals surface area (Å²) in [6.45, 7) is 6.76. The van der Waals surface area contributed by atoms with Gasteiger partial charge in [-0.05, 0) is 27.2 Å². The van der Waals surface area contributed by atoms with Crippen molar-refractivity contribution in [2.75, 3.05) is 0 Å². The molecule has 15 heavy (non-hydrogen) atoms. The summed E-state index contributed by atoms with van der Waals surface area (Å²) in [6.07, 6.45) is 0.569. The molecule has 0 saturated carbocycles. The Morgan fingerprint density at radius 2 is 1.80 bits per heavy atom. The van der Waals surface area contributed by atoms with Crippen molar-refractivity contribution >= 4 is 11.9 Å². The molecule has 5 heteroatoms. The number of hydrogen-bond acceptors (Lipinski definition) is 4. The monoisotopic (exact) mass is 217 g/mol. The Morgan fingerprint density at radius 3 is 2.07 bits per heavy atom. The minimum absolute atomic E-state index is 0.0667. The second-order valence-corrected chi connectivity index (χ2v) is 4.53. The number of carboxylic acid groups (broad SMARTS) is 1. The Balaban J connectivity index is 4.79. The zero-order valence-corrected chi connectivity index (χ0v) is 9.66. The lowest BCUT2D eigenvalue weighted by atomic mass is 9.95. The Morgan fingerprint density at radius 1 is 1.33 bits per heavy atom. The van der Waals surface area contributed by atoms with Crippen LogP contribution in [-0.4, -0.2) is 28.2 Å². The summed E-state index contributed by atoms with van der Waals surface area (Å²) in [6, 6.07) is 0. The van der Waals surface area contributed by atoms with Gasteiger partial charge in [0.15, 0.2) is 0 Å². The van der Waals surface area contributed by atoms with Crippen LogP contribution in [0.5, 0.6) is 0 Å². The molecule has 0 amide bonds. The standard InChI is InChI=1S/C10H19NO4/c1-5-6-10(11,7(12)13)8(14)15-9(2,3)4/h5-6,11H2,1-4H3,(H,12,13)/t10-/m0/s1. The quantitative estimate of drug-likeness (QED) is 0.539. The fourth-order valence-corrected chi connectivity index (χ4v) is 1.06. The summed E-state index contributed by atoms with van der Waals surface area (Å²) in [7, 11) is 0. The van der Waals surface area contributed by atoms with Gasteiger partial charge in [0.1, 0.15) is 5.60 Å². The molecule has 0 fully saturated rings. The molecule has 0 aliphatic heterocycles. The molecule has 5 nitrogen and oxygen atoms in total. The van der Waals surface area contributed by atoms with E-state index in [4.69, 9.17) is 15.6 Å². The number of rotatable bonds is 4. The van der Waals surface area contributed by atoms with Crippen molar-refractivity contribution in [3.63, 3.8) is 0 Å². The van der Waals surface area contributed by atoms with E-state index in [9.17, 15) is 9.59 Å². The molecule has 88 valence electrons. The fourth-order valence-electron chi connectivity index (χ4n) is 1.06. The smallest absolute Gasteiger partial charge is 0.338 e. The van der Waals surface area contributed by atoms with Gasteiger partial charge in [-0.1, -0.05) is 13.3 Å². The van der Waals surface area contributed by atoms with Crippen molar-refractivity contribution in [2.24, 2.45) is 5.73 Å². The largest absolute Gasteiger partial charge is 0.479 e. The highest BCUT2D eigenvalue weighted by molar-refractivity contribution is 6.03. The molecule has 0 rings (SSSR count). The van der Waals surface area contributed by atoms with Crippen LogP contribution in [-0.2, 0) is 14.3 Å². The maximum Gasteiger partial charge on any atom is 0.338 e. The average molecular weight is 217 g/mol. The molecule has 0 unspecified atom stereocenters. The van der Waals surface area contributed by atoms with E-state index < -0.39 is 23.1 Å². The molecule has 0 aromatic carbocycles. The third-order valence-electron chi connectivity index (χ3n) is 1.79. The number of carboxylic acids is 1. The van der Waals surface area contributed by atoms with Gasteiger partial charge >= 0.3 is 11.9 Å². The number of nitrogens with two attached hydrogens (primary N) is 1. The second kappa shape index (κ2) is 4.61. The van der Waals surface area contributed by atoms with E-state index in [0.29, 0.717) is 6.42 Å². The van der Waals surface area contributed by atoms with Crippen LogP contribution in [0.2, 0.25) is 0 Å². The van der Waals surface area contributed by atoms with Crippen LogP contribution in [0.15, 0.2) is 0 Å². The molecule has 1 atom stereocenters. The van der Waals surface area contributed by atoms with E-state index in [0.717, 1.165) is 0 Å². The molecule has 0 bridgehead atoms. The van der Waals surface area contributed by atoms with Gasteiger partial charge in [0.25, 0.3) is 0 Å². The van der Waals surface area contributed by atoms with E-state index in [2.05, 4.69) is 0 Å². The van der Waals surface area contributed by atoms with Crippen LogP contribution in [0.1, 0.15) is 40.5 Å². The normalized spacial score (nSPS) is 15.5. The Kier molecular flexibility index (Phi) is 4.27. The molecule has 3 N–H and O–H groups in total. The molecular weight excluding hydrogens is 198 g/mol. The molecule has 0 spiro atoms. The zero-order chi connectivity index (χ0) is 12.3. The number of ether oxygens (including phenoxy) is 1. The zero-order valence-electron chi connectivity index (χ0n) is 9.66. The Labute approximate surface area is 89.6 Å². The summed E-state index contributed by atoms with van der Waals surface area (Å²) in [5.74, 6) is -2.23. The van der Waals surface area contributed by atoms with Crippen molar-refractivity contribution in [3.8, 4) is 0 Å². The number of aliphatic carboxylic acids is 1. The predicted octanol–water partition coefficient (Wildman–Crippen LogP) is 0.910. The van der Waals surface area contributed by atoms with Crippen molar-refractivity contribution in [1.29, 1.82) is 0 Å². The van der Waals surface area contributed by atoms with Crippen LogP contribution < -0.4 is 5.73 Å². The first-order valence-electron chi connectivity index (χ1n) is 4.89. The SMILES string of the molecule is CCC[C@](N)(C(=O)O)C(=O)OC(C)(C)C. The molecule has 0 aliphatic rings. The van der Waals surface area contributed by atoms with Crippen molar-refractivity contribution in [3.05, 3.63) is 0 Å². The van der Waals surface area contributed by atoms with E-state index in [1.807, 2.05) is 0 Å². The number of esters is 1. The highest BCUT2D eigenvalue weighted by Crippen LogP contribution is 2.17. The predicted molar refractivity (Wildman–Crippen MR) is 55.3 cm³/mol. The van der Waals surface area contributed by atoms with Crippen LogP contribution in [0, 0.1) is 0 Å². The topological polar surface area (TPSA) is 89.6 Å². The van der Waals surface area contributed by atoms with Crippen molar-refractivity contribution in [1.82, 2.24) is 0 Å². The fraction of sp³-hybridized carbons (Fsp3) is 0.800. The lowest BCUT2D eigenvalue weighted by Gasteiger charge is -2.27. The molecule has 0 saturated heterocycles. The van der Waals surface area contributed by atoms with E-state index in [1.165, 1.54) is 0 Å². The molecule has 0 aliphatic carbocycles. The second-order valence-electron chi connectivity index (χ2n) is 4.53. The minimum atomic E-state index is -1.93. The first-order valence-corrected chi connectivity index (χ1v) is 4.89. The molecule has 0 radical (unpaired) electrons. The van der Waals surface area contributed by atoms with Gasteiger partial charge in [-0.25, -0.2) is 9.59 Å². The maximum absolute atomic E-state index is 11.6. The lowest BCUT2D eigenvalue weighted by molar-refractivity contribution is -0.169. The third-order valence-corrected chi connectivity index (χ3v) is 1.79. The third kappa shape index (κ3) is 3.87. The highest BCUT2D eigenvalue weighted by atomic mass is 16.6.